The Morgan fingerprint density at radius 1 is 0.895 bits per heavy atom. The van der Waals surface area contributed by atoms with Crippen LogP contribution in [-0.2, 0) is 0 Å². The average molecular weight is 251 g/mol. The van der Waals surface area contributed by atoms with E-state index in [-0.39, 0.29) is 12.6 Å². The van der Waals surface area contributed by atoms with E-state index in [4.69, 9.17) is 0 Å². The highest BCUT2D eigenvalue weighted by molar-refractivity contribution is 5.80. The number of nitrogens with zero attached hydrogens (tertiary/aromatic N) is 1. The first-order valence-corrected chi connectivity index (χ1v) is 6.61. The van der Waals surface area contributed by atoms with Gasteiger partial charge in [-0.1, -0.05) is 48.5 Å². The topological polar surface area (TPSA) is 25.2 Å². The van der Waals surface area contributed by atoms with E-state index in [0.29, 0.717) is 0 Å². The monoisotopic (exact) mass is 251 g/mol. The Hall–Kier alpha value is -2.06. The van der Waals surface area contributed by atoms with E-state index in [1.807, 2.05) is 18.2 Å². The third kappa shape index (κ3) is 2.27. The Balaban J connectivity index is 2.10. The highest BCUT2D eigenvalue weighted by atomic mass is 16.3. The Morgan fingerprint density at radius 3 is 2.42 bits per heavy atom. The first kappa shape index (κ1) is 12.0. The van der Waals surface area contributed by atoms with Gasteiger partial charge in [0, 0.05) is 18.3 Å². The molecule has 2 nitrogen and oxygen atoms in total. The van der Waals surface area contributed by atoms with E-state index < -0.39 is 0 Å². The van der Waals surface area contributed by atoms with Gasteiger partial charge in [0.1, 0.15) is 0 Å². The number of hydrogen-bond acceptors (Lipinski definition) is 1. The second-order valence-corrected chi connectivity index (χ2v) is 4.72. The van der Waals surface area contributed by atoms with Crippen LogP contribution in [0.3, 0.4) is 0 Å². The fraction of sp³-hybridized carbons (Fsp3) is 0.176. The first-order valence-electron chi connectivity index (χ1n) is 6.61. The van der Waals surface area contributed by atoms with Crippen LogP contribution in [0.2, 0.25) is 0 Å². The molecule has 1 aromatic heterocycles. The van der Waals surface area contributed by atoms with Crippen LogP contribution >= 0.6 is 0 Å². The summed E-state index contributed by atoms with van der Waals surface area (Å²) in [5.41, 5.74) is 2.45. The molecule has 3 rings (SSSR count). The Morgan fingerprint density at radius 2 is 1.63 bits per heavy atom. The van der Waals surface area contributed by atoms with Crippen molar-refractivity contribution in [3.8, 4) is 0 Å². The molecule has 1 heterocycles. The van der Waals surface area contributed by atoms with Crippen molar-refractivity contribution >= 4 is 10.9 Å². The van der Waals surface area contributed by atoms with Crippen LogP contribution in [-0.4, -0.2) is 16.3 Å². The molecule has 96 valence electrons. The number of para-hydroxylation sites is 1. The Labute approximate surface area is 112 Å². The third-order valence-corrected chi connectivity index (χ3v) is 3.55. The maximum absolute atomic E-state index is 9.36. The molecule has 0 aliphatic carbocycles. The lowest BCUT2D eigenvalue weighted by Gasteiger charge is -2.20. The molecule has 0 saturated carbocycles. The average Bonchev–Trinajstić information content (AvgIpc) is 2.89. The maximum atomic E-state index is 9.36. The molecule has 0 radical (unpaired) electrons. The van der Waals surface area contributed by atoms with Crippen LogP contribution in [0, 0.1) is 0 Å². The summed E-state index contributed by atoms with van der Waals surface area (Å²) in [6.45, 7) is 0.187. The maximum Gasteiger partial charge on any atom is 0.0607 e. The van der Waals surface area contributed by atoms with Crippen LogP contribution in [0.1, 0.15) is 18.0 Å². The molecule has 0 aliphatic rings. The summed E-state index contributed by atoms with van der Waals surface area (Å²) in [6, 6.07) is 21.0. The standard InChI is InChI=1S/C17H17NO/c19-13-11-17(14-6-2-1-3-7-14)18-12-10-15-8-4-5-9-16(15)18/h1-10,12,17,19H,11,13H2/t17-/m0/s1. The molecule has 0 saturated heterocycles. The normalized spacial score (nSPS) is 12.7. The molecule has 0 fully saturated rings. The van der Waals surface area contributed by atoms with Crippen LogP contribution < -0.4 is 0 Å². The molecular formula is C17H17NO. The second-order valence-electron chi connectivity index (χ2n) is 4.72. The number of fused-ring (bicyclic) bond motifs is 1. The lowest BCUT2D eigenvalue weighted by Crippen LogP contribution is -2.11. The van der Waals surface area contributed by atoms with Gasteiger partial charge < -0.3 is 9.67 Å². The van der Waals surface area contributed by atoms with Gasteiger partial charge in [0.15, 0.2) is 0 Å². The minimum Gasteiger partial charge on any atom is -0.396 e. The van der Waals surface area contributed by atoms with Crippen molar-refractivity contribution in [1.82, 2.24) is 4.57 Å². The number of rotatable bonds is 4. The molecule has 19 heavy (non-hydrogen) atoms. The molecule has 3 aromatic rings. The van der Waals surface area contributed by atoms with Gasteiger partial charge in [-0.2, -0.15) is 0 Å². The third-order valence-electron chi connectivity index (χ3n) is 3.55. The summed E-state index contributed by atoms with van der Waals surface area (Å²) < 4.78 is 2.25. The van der Waals surface area contributed by atoms with Crippen LogP contribution in [0.5, 0.6) is 0 Å². The zero-order valence-electron chi connectivity index (χ0n) is 10.7. The largest absolute Gasteiger partial charge is 0.396 e. The SMILES string of the molecule is OCC[C@@H](c1ccccc1)n1ccc2ccccc21. The van der Waals surface area contributed by atoms with Gasteiger partial charge in [0.25, 0.3) is 0 Å². The molecule has 0 amide bonds. The minimum atomic E-state index is 0.186. The smallest absolute Gasteiger partial charge is 0.0607 e. The van der Waals surface area contributed by atoms with Gasteiger partial charge in [-0.15, -0.1) is 0 Å². The van der Waals surface area contributed by atoms with Crippen molar-refractivity contribution in [3.63, 3.8) is 0 Å². The number of hydrogen-bond donors (Lipinski definition) is 1. The summed E-state index contributed by atoms with van der Waals surface area (Å²) in [6.07, 6.45) is 2.83. The van der Waals surface area contributed by atoms with E-state index in [9.17, 15) is 5.11 Å². The van der Waals surface area contributed by atoms with E-state index in [1.54, 1.807) is 0 Å². The van der Waals surface area contributed by atoms with Gasteiger partial charge in [-0.05, 0) is 29.5 Å². The van der Waals surface area contributed by atoms with Gasteiger partial charge in [-0.25, -0.2) is 0 Å². The highest BCUT2D eigenvalue weighted by Gasteiger charge is 2.14. The van der Waals surface area contributed by atoms with Crippen LogP contribution in [0.25, 0.3) is 10.9 Å². The molecule has 0 aliphatic heterocycles. The predicted octanol–water partition coefficient (Wildman–Crippen LogP) is 3.61. The fourth-order valence-corrected chi connectivity index (χ4v) is 2.64. The molecule has 2 aromatic carbocycles. The second kappa shape index (κ2) is 5.29. The lowest BCUT2D eigenvalue weighted by atomic mass is 10.0. The number of aromatic nitrogens is 1. The van der Waals surface area contributed by atoms with Crippen LogP contribution in [0.15, 0.2) is 66.9 Å². The van der Waals surface area contributed by atoms with Crippen molar-refractivity contribution in [2.75, 3.05) is 6.61 Å². The zero-order chi connectivity index (χ0) is 13.1. The number of aliphatic hydroxyl groups is 1. The van der Waals surface area contributed by atoms with Crippen molar-refractivity contribution in [2.24, 2.45) is 0 Å². The van der Waals surface area contributed by atoms with Crippen molar-refractivity contribution < 1.29 is 5.11 Å². The quantitative estimate of drug-likeness (QED) is 0.753. The molecule has 0 unspecified atom stereocenters. The molecular weight excluding hydrogens is 234 g/mol. The van der Waals surface area contributed by atoms with Crippen molar-refractivity contribution in [3.05, 3.63) is 72.4 Å². The molecule has 0 spiro atoms. The first-order chi connectivity index (χ1) is 9.40. The Kier molecular flexibility index (Phi) is 3.34. The van der Waals surface area contributed by atoms with E-state index in [1.165, 1.54) is 16.5 Å². The molecule has 1 atom stereocenters. The lowest BCUT2D eigenvalue weighted by molar-refractivity contribution is 0.269. The van der Waals surface area contributed by atoms with Crippen molar-refractivity contribution in [1.29, 1.82) is 0 Å². The van der Waals surface area contributed by atoms with Gasteiger partial charge in [-0.3, -0.25) is 0 Å². The van der Waals surface area contributed by atoms with Crippen LogP contribution in [0.4, 0.5) is 0 Å². The summed E-state index contributed by atoms with van der Waals surface area (Å²) in [5.74, 6) is 0. The van der Waals surface area contributed by atoms with Gasteiger partial charge in [0.2, 0.25) is 0 Å². The summed E-state index contributed by atoms with van der Waals surface area (Å²) in [4.78, 5) is 0. The minimum absolute atomic E-state index is 0.186. The fourth-order valence-electron chi connectivity index (χ4n) is 2.64. The molecule has 2 heteroatoms. The summed E-state index contributed by atoms with van der Waals surface area (Å²) >= 11 is 0. The molecule has 1 N–H and O–H groups in total. The number of aliphatic hydroxyl groups excluding tert-OH is 1. The van der Waals surface area contributed by atoms with Gasteiger partial charge in [0.05, 0.1) is 6.04 Å². The van der Waals surface area contributed by atoms with E-state index in [0.717, 1.165) is 6.42 Å². The number of benzene rings is 2. The summed E-state index contributed by atoms with van der Waals surface area (Å²) in [5, 5.41) is 10.6. The zero-order valence-corrected chi connectivity index (χ0v) is 10.7. The summed E-state index contributed by atoms with van der Waals surface area (Å²) in [7, 11) is 0. The van der Waals surface area contributed by atoms with Gasteiger partial charge >= 0.3 is 0 Å². The highest BCUT2D eigenvalue weighted by Crippen LogP contribution is 2.27. The Bertz CT molecular complexity index is 657. The van der Waals surface area contributed by atoms with Crippen molar-refractivity contribution in [2.45, 2.75) is 12.5 Å². The van der Waals surface area contributed by atoms with E-state index >= 15 is 0 Å². The van der Waals surface area contributed by atoms with E-state index in [2.05, 4.69) is 53.2 Å². The predicted molar refractivity (Wildman–Crippen MR) is 78.2 cm³/mol. The molecule has 0 bridgehead atoms.